The number of nitrogens with one attached hydrogen (secondary N) is 2. The van der Waals surface area contributed by atoms with E-state index >= 15 is 0 Å². The molecular formula is C18H32N4. The van der Waals surface area contributed by atoms with Crippen LogP contribution in [0.15, 0.2) is 35.3 Å². The third-order valence-corrected chi connectivity index (χ3v) is 3.60. The van der Waals surface area contributed by atoms with E-state index in [1.807, 2.05) is 13.1 Å². The van der Waals surface area contributed by atoms with Crippen LogP contribution in [0.2, 0.25) is 0 Å². The second-order valence-electron chi connectivity index (χ2n) is 5.91. The SMILES string of the molecule is CN=C(NCCCCCCCN(C)C)NCc1ccccc1. The van der Waals surface area contributed by atoms with Crippen molar-refractivity contribution in [3.8, 4) is 0 Å². The van der Waals surface area contributed by atoms with Gasteiger partial charge in [-0.05, 0) is 39.0 Å². The summed E-state index contributed by atoms with van der Waals surface area (Å²) in [5.41, 5.74) is 1.27. The summed E-state index contributed by atoms with van der Waals surface area (Å²) in [7, 11) is 6.09. The topological polar surface area (TPSA) is 39.7 Å². The summed E-state index contributed by atoms with van der Waals surface area (Å²) in [6.07, 6.45) is 6.45. The van der Waals surface area contributed by atoms with E-state index in [1.165, 1.54) is 44.2 Å². The maximum absolute atomic E-state index is 4.26. The van der Waals surface area contributed by atoms with Crippen molar-refractivity contribution in [1.29, 1.82) is 0 Å². The zero-order valence-electron chi connectivity index (χ0n) is 14.4. The lowest BCUT2D eigenvalue weighted by Gasteiger charge is -2.12. The van der Waals surface area contributed by atoms with E-state index in [4.69, 9.17) is 0 Å². The van der Waals surface area contributed by atoms with Crippen LogP contribution in [-0.4, -0.2) is 45.1 Å². The maximum Gasteiger partial charge on any atom is 0.191 e. The predicted molar refractivity (Wildman–Crippen MR) is 96.3 cm³/mol. The summed E-state index contributed by atoms with van der Waals surface area (Å²) in [4.78, 5) is 6.51. The minimum absolute atomic E-state index is 0.811. The first-order valence-corrected chi connectivity index (χ1v) is 8.35. The van der Waals surface area contributed by atoms with Crippen molar-refractivity contribution in [2.45, 2.75) is 38.6 Å². The first kappa shape index (κ1) is 18.5. The summed E-state index contributed by atoms with van der Waals surface area (Å²) in [6, 6.07) is 10.4. The first-order chi connectivity index (χ1) is 10.7. The molecule has 2 N–H and O–H groups in total. The van der Waals surface area contributed by atoms with E-state index in [9.17, 15) is 0 Å². The average Bonchev–Trinajstić information content (AvgIpc) is 2.53. The largest absolute Gasteiger partial charge is 0.356 e. The third kappa shape index (κ3) is 9.40. The van der Waals surface area contributed by atoms with Gasteiger partial charge in [0.15, 0.2) is 5.96 Å². The second kappa shape index (κ2) is 12.0. The molecule has 124 valence electrons. The standard InChI is InChI=1S/C18H32N4/c1-19-18(21-16-17-12-8-7-9-13-17)20-14-10-5-4-6-11-15-22(2)3/h7-9,12-13H,4-6,10-11,14-16H2,1-3H3,(H2,19,20,21). The number of benzene rings is 1. The van der Waals surface area contributed by atoms with Gasteiger partial charge in [-0.25, -0.2) is 0 Å². The Balaban J connectivity index is 2.02. The smallest absolute Gasteiger partial charge is 0.191 e. The Kier molecular flexibility index (Phi) is 10.1. The highest BCUT2D eigenvalue weighted by molar-refractivity contribution is 5.79. The van der Waals surface area contributed by atoms with Crippen molar-refractivity contribution in [3.05, 3.63) is 35.9 Å². The molecule has 0 unspecified atom stereocenters. The van der Waals surface area contributed by atoms with Crippen LogP contribution in [0.1, 0.15) is 37.7 Å². The van der Waals surface area contributed by atoms with Crippen molar-refractivity contribution in [2.75, 3.05) is 34.2 Å². The zero-order chi connectivity index (χ0) is 16.0. The highest BCUT2D eigenvalue weighted by Gasteiger charge is 1.98. The lowest BCUT2D eigenvalue weighted by molar-refractivity contribution is 0.389. The van der Waals surface area contributed by atoms with E-state index in [-0.39, 0.29) is 0 Å². The van der Waals surface area contributed by atoms with Gasteiger partial charge in [0.1, 0.15) is 0 Å². The van der Waals surface area contributed by atoms with Gasteiger partial charge in [-0.15, -0.1) is 0 Å². The lowest BCUT2D eigenvalue weighted by Crippen LogP contribution is -2.37. The van der Waals surface area contributed by atoms with Gasteiger partial charge in [-0.1, -0.05) is 49.6 Å². The first-order valence-electron chi connectivity index (χ1n) is 8.35. The Bertz CT molecular complexity index is 401. The molecular weight excluding hydrogens is 272 g/mol. The number of guanidine groups is 1. The Morgan fingerprint density at radius 2 is 1.64 bits per heavy atom. The summed E-state index contributed by atoms with van der Waals surface area (Å²) in [6.45, 7) is 3.00. The summed E-state index contributed by atoms with van der Waals surface area (Å²) < 4.78 is 0. The van der Waals surface area contributed by atoms with Crippen molar-refractivity contribution in [1.82, 2.24) is 15.5 Å². The molecule has 0 aromatic heterocycles. The van der Waals surface area contributed by atoms with E-state index in [0.717, 1.165) is 19.0 Å². The van der Waals surface area contributed by atoms with Gasteiger partial charge in [0.05, 0.1) is 0 Å². The molecule has 1 aromatic rings. The second-order valence-corrected chi connectivity index (χ2v) is 5.91. The summed E-state index contributed by atoms with van der Waals surface area (Å²) in [5, 5.41) is 6.72. The van der Waals surface area contributed by atoms with E-state index in [0.29, 0.717) is 0 Å². The molecule has 0 aliphatic carbocycles. The molecule has 0 aliphatic rings. The minimum Gasteiger partial charge on any atom is -0.356 e. The third-order valence-electron chi connectivity index (χ3n) is 3.60. The van der Waals surface area contributed by atoms with Gasteiger partial charge >= 0.3 is 0 Å². The number of nitrogens with zero attached hydrogens (tertiary/aromatic N) is 2. The molecule has 1 aromatic carbocycles. The Hall–Kier alpha value is -1.55. The normalized spacial score (nSPS) is 11.7. The van der Waals surface area contributed by atoms with Crippen LogP contribution >= 0.6 is 0 Å². The lowest BCUT2D eigenvalue weighted by atomic mass is 10.1. The van der Waals surface area contributed by atoms with Crippen molar-refractivity contribution < 1.29 is 0 Å². The molecule has 0 saturated carbocycles. The monoisotopic (exact) mass is 304 g/mol. The van der Waals surface area contributed by atoms with E-state index in [2.05, 4.69) is 58.9 Å². The Labute approximate surface area is 136 Å². The van der Waals surface area contributed by atoms with E-state index in [1.54, 1.807) is 0 Å². The number of hydrogen-bond donors (Lipinski definition) is 2. The molecule has 0 spiro atoms. The number of hydrogen-bond acceptors (Lipinski definition) is 2. The summed E-state index contributed by atoms with van der Waals surface area (Å²) >= 11 is 0. The fraction of sp³-hybridized carbons (Fsp3) is 0.611. The molecule has 22 heavy (non-hydrogen) atoms. The van der Waals surface area contributed by atoms with Crippen LogP contribution in [0.4, 0.5) is 0 Å². The number of rotatable bonds is 10. The molecule has 1 rings (SSSR count). The zero-order valence-corrected chi connectivity index (χ0v) is 14.4. The Morgan fingerprint density at radius 1 is 0.955 bits per heavy atom. The van der Waals surface area contributed by atoms with Crippen LogP contribution in [-0.2, 0) is 6.54 Å². The molecule has 0 atom stereocenters. The van der Waals surface area contributed by atoms with Crippen LogP contribution in [0.25, 0.3) is 0 Å². The van der Waals surface area contributed by atoms with Crippen molar-refractivity contribution >= 4 is 5.96 Å². The Morgan fingerprint density at radius 3 is 2.32 bits per heavy atom. The fourth-order valence-electron chi connectivity index (χ4n) is 2.29. The molecule has 0 aliphatic heterocycles. The molecule has 0 amide bonds. The molecule has 0 saturated heterocycles. The van der Waals surface area contributed by atoms with Crippen LogP contribution in [0, 0.1) is 0 Å². The van der Waals surface area contributed by atoms with Gasteiger partial charge in [0, 0.05) is 20.1 Å². The van der Waals surface area contributed by atoms with Crippen molar-refractivity contribution in [3.63, 3.8) is 0 Å². The minimum atomic E-state index is 0.811. The quantitative estimate of drug-likeness (QED) is 0.397. The maximum atomic E-state index is 4.26. The van der Waals surface area contributed by atoms with Crippen LogP contribution < -0.4 is 10.6 Å². The highest BCUT2D eigenvalue weighted by Crippen LogP contribution is 2.02. The molecule has 0 fully saturated rings. The van der Waals surface area contributed by atoms with Crippen LogP contribution in [0.3, 0.4) is 0 Å². The van der Waals surface area contributed by atoms with Gasteiger partial charge < -0.3 is 15.5 Å². The highest BCUT2D eigenvalue weighted by atomic mass is 15.2. The molecule has 0 bridgehead atoms. The summed E-state index contributed by atoms with van der Waals surface area (Å²) in [5.74, 6) is 0.886. The van der Waals surface area contributed by atoms with Crippen molar-refractivity contribution in [2.24, 2.45) is 4.99 Å². The van der Waals surface area contributed by atoms with E-state index < -0.39 is 0 Å². The number of aliphatic imine (C=N–C) groups is 1. The molecule has 4 heteroatoms. The predicted octanol–water partition coefficient (Wildman–Crippen LogP) is 2.86. The molecule has 4 nitrogen and oxygen atoms in total. The van der Waals surface area contributed by atoms with Gasteiger partial charge in [-0.3, -0.25) is 4.99 Å². The van der Waals surface area contributed by atoms with Crippen LogP contribution in [0.5, 0.6) is 0 Å². The molecule has 0 radical (unpaired) electrons. The fourth-order valence-corrected chi connectivity index (χ4v) is 2.29. The molecule has 0 heterocycles. The average molecular weight is 304 g/mol. The number of unbranched alkanes of at least 4 members (excludes halogenated alkanes) is 4. The van der Waals surface area contributed by atoms with Gasteiger partial charge in [-0.2, -0.15) is 0 Å². The van der Waals surface area contributed by atoms with Gasteiger partial charge in [0.2, 0.25) is 0 Å². The van der Waals surface area contributed by atoms with Gasteiger partial charge in [0.25, 0.3) is 0 Å².